The molecule has 0 fully saturated rings. The minimum Gasteiger partial charge on any atom is -0.341 e. The van der Waals surface area contributed by atoms with Crippen LogP contribution in [0.2, 0.25) is 5.02 Å². The highest BCUT2D eigenvalue weighted by atomic mass is 35.5. The number of amides is 1. The number of benzene rings is 1. The lowest BCUT2D eigenvalue weighted by Gasteiger charge is -2.18. The van der Waals surface area contributed by atoms with Gasteiger partial charge in [0.15, 0.2) is 5.78 Å². The van der Waals surface area contributed by atoms with Crippen LogP contribution in [0.15, 0.2) is 29.3 Å². The number of nitrogens with zero attached hydrogens (tertiary/aromatic N) is 3. The highest BCUT2D eigenvalue weighted by Gasteiger charge is 2.17. The van der Waals surface area contributed by atoms with Crippen LogP contribution in [0.1, 0.15) is 34.1 Å². The molecule has 0 atom stereocenters. The molecule has 1 aromatic carbocycles. The number of hydrogen-bond acceptors (Lipinski definition) is 5. The van der Waals surface area contributed by atoms with Crippen LogP contribution in [0.5, 0.6) is 0 Å². The molecule has 1 aromatic heterocycles. The van der Waals surface area contributed by atoms with Gasteiger partial charge in [0.1, 0.15) is 16.9 Å². The maximum Gasteiger partial charge on any atom is 0.233 e. The molecule has 0 saturated heterocycles. The summed E-state index contributed by atoms with van der Waals surface area (Å²) in [6.45, 7) is 3.12. The second kappa shape index (κ2) is 8.98. The largest absolute Gasteiger partial charge is 0.341 e. The molecule has 27 heavy (non-hydrogen) atoms. The van der Waals surface area contributed by atoms with Crippen LogP contribution in [0.25, 0.3) is 0 Å². The molecule has 0 aliphatic rings. The van der Waals surface area contributed by atoms with E-state index in [0.717, 1.165) is 11.8 Å². The predicted molar refractivity (Wildman–Crippen MR) is 102 cm³/mol. The van der Waals surface area contributed by atoms with Crippen molar-refractivity contribution >= 4 is 35.1 Å². The Morgan fingerprint density at radius 3 is 2.70 bits per heavy atom. The van der Waals surface area contributed by atoms with E-state index >= 15 is 0 Å². The number of thioether (sulfide) groups is 1. The van der Waals surface area contributed by atoms with Crippen LogP contribution in [-0.4, -0.2) is 34.4 Å². The normalized spacial score (nSPS) is 10.4. The zero-order chi connectivity index (χ0) is 20.1. The molecule has 140 valence electrons. The molecule has 5 nitrogen and oxygen atoms in total. The molecule has 0 bridgehead atoms. The summed E-state index contributed by atoms with van der Waals surface area (Å²) in [5.41, 5.74) is 1.37. The maximum atomic E-state index is 13.9. The Labute approximate surface area is 166 Å². The molecule has 0 N–H and O–H groups in total. The SMILES string of the molecule is CC(=O)c1cc(C#N)c(SCC(=O)N(C)Cc2c(F)cccc2Cl)nc1C. The number of halogens is 2. The van der Waals surface area contributed by atoms with Gasteiger partial charge in [-0.05, 0) is 32.0 Å². The Hall–Kier alpha value is -2.43. The first-order chi connectivity index (χ1) is 12.7. The van der Waals surface area contributed by atoms with E-state index in [0.29, 0.717) is 16.3 Å². The van der Waals surface area contributed by atoms with Gasteiger partial charge in [0.05, 0.1) is 11.3 Å². The molecule has 0 radical (unpaired) electrons. The van der Waals surface area contributed by atoms with Crippen LogP contribution in [0.3, 0.4) is 0 Å². The summed E-state index contributed by atoms with van der Waals surface area (Å²) in [5.74, 6) is -0.897. The quantitative estimate of drug-likeness (QED) is 0.536. The van der Waals surface area contributed by atoms with Gasteiger partial charge in [-0.3, -0.25) is 9.59 Å². The third-order valence-electron chi connectivity index (χ3n) is 3.89. The van der Waals surface area contributed by atoms with E-state index in [-0.39, 0.29) is 40.1 Å². The first-order valence-corrected chi connectivity index (χ1v) is 9.33. The minimum atomic E-state index is -0.473. The number of aryl methyl sites for hydroxylation is 1. The van der Waals surface area contributed by atoms with E-state index < -0.39 is 5.82 Å². The molecule has 0 spiro atoms. The highest BCUT2D eigenvalue weighted by molar-refractivity contribution is 7.99. The van der Waals surface area contributed by atoms with Gasteiger partial charge < -0.3 is 4.90 Å². The average molecular weight is 406 g/mol. The van der Waals surface area contributed by atoms with Gasteiger partial charge in [-0.25, -0.2) is 9.37 Å². The van der Waals surface area contributed by atoms with E-state index in [4.69, 9.17) is 11.6 Å². The molecule has 0 aliphatic carbocycles. The second-order valence-corrected chi connectivity index (χ2v) is 7.25. The van der Waals surface area contributed by atoms with E-state index in [1.807, 2.05) is 6.07 Å². The molecule has 0 aliphatic heterocycles. The number of pyridine rings is 1. The molecule has 1 heterocycles. The van der Waals surface area contributed by atoms with Crippen molar-refractivity contribution in [3.05, 3.63) is 57.5 Å². The van der Waals surface area contributed by atoms with Gasteiger partial charge in [-0.1, -0.05) is 29.4 Å². The Kier molecular flexibility index (Phi) is 6.94. The van der Waals surface area contributed by atoms with Crippen LogP contribution < -0.4 is 0 Å². The summed E-state index contributed by atoms with van der Waals surface area (Å²) in [6, 6.07) is 7.84. The molecular weight excluding hydrogens is 389 g/mol. The molecule has 2 aromatic rings. The molecule has 1 amide bonds. The molecule has 2 rings (SSSR count). The van der Waals surface area contributed by atoms with Crippen LogP contribution in [-0.2, 0) is 11.3 Å². The maximum absolute atomic E-state index is 13.9. The summed E-state index contributed by atoms with van der Waals surface area (Å²) in [4.78, 5) is 29.6. The molecular formula is C19H17ClFN3O2S. The van der Waals surface area contributed by atoms with Gasteiger partial charge in [0.2, 0.25) is 5.91 Å². The zero-order valence-electron chi connectivity index (χ0n) is 15.0. The lowest BCUT2D eigenvalue weighted by Crippen LogP contribution is -2.28. The number of nitriles is 1. The Morgan fingerprint density at radius 1 is 1.41 bits per heavy atom. The summed E-state index contributed by atoms with van der Waals surface area (Å²) in [6.07, 6.45) is 0. The second-order valence-electron chi connectivity index (χ2n) is 5.88. The fourth-order valence-electron chi connectivity index (χ4n) is 2.38. The monoisotopic (exact) mass is 405 g/mol. The minimum absolute atomic E-state index is 0.0170. The van der Waals surface area contributed by atoms with Crippen LogP contribution in [0, 0.1) is 24.1 Å². The lowest BCUT2D eigenvalue weighted by atomic mass is 10.1. The Bertz CT molecular complexity index is 923. The van der Waals surface area contributed by atoms with E-state index in [2.05, 4.69) is 4.98 Å². The van der Waals surface area contributed by atoms with Gasteiger partial charge in [0.25, 0.3) is 0 Å². The first kappa shape index (κ1) is 20.9. The third-order valence-corrected chi connectivity index (χ3v) is 5.22. The van der Waals surface area contributed by atoms with Crippen molar-refractivity contribution in [3.8, 4) is 6.07 Å². The third kappa shape index (κ3) is 5.06. The molecule has 0 saturated carbocycles. The van der Waals surface area contributed by atoms with Crippen molar-refractivity contribution in [3.63, 3.8) is 0 Å². The fourth-order valence-corrected chi connectivity index (χ4v) is 3.54. The average Bonchev–Trinajstić information content (AvgIpc) is 2.62. The summed E-state index contributed by atoms with van der Waals surface area (Å²) >= 11 is 7.09. The highest BCUT2D eigenvalue weighted by Crippen LogP contribution is 2.24. The van der Waals surface area contributed by atoms with E-state index in [9.17, 15) is 19.2 Å². The number of aromatic nitrogens is 1. The summed E-state index contributed by atoms with van der Waals surface area (Å²) < 4.78 is 13.9. The summed E-state index contributed by atoms with van der Waals surface area (Å²) in [5, 5.41) is 9.92. The smallest absolute Gasteiger partial charge is 0.233 e. The van der Waals surface area contributed by atoms with Crippen LogP contribution >= 0.6 is 23.4 Å². The number of carbonyl (C=O) groups excluding carboxylic acids is 2. The van der Waals surface area contributed by atoms with Gasteiger partial charge in [0, 0.05) is 35.4 Å². The topological polar surface area (TPSA) is 74.1 Å². The standard InChI is InChI=1S/C19H17ClFN3O2S/c1-11-14(12(2)25)7-13(8-22)19(23-11)27-10-18(26)24(3)9-15-16(20)5-4-6-17(15)21/h4-7H,9-10H2,1-3H3. The molecule has 0 unspecified atom stereocenters. The van der Waals surface area contributed by atoms with Crippen molar-refractivity contribution in [1.82, 2.24) is 9.88 Å². The van der Waals surface area contributed by atoms with Gasteiger partial charge in [-0.2, -0.15) is 5.26 Å². The Balaban J connectivity index is 2.10. The van der Waals surface area contributed by atoms with Crippen molar-refractivity contribution in [2.24, 2.45) is 0 Å². The van der Waals surface area contributed by atoms with E-state index in [1.165, 1.54) is 30.0 Å². The number of carbonyl (C=O) groups is 2. The Morgan fingerprint density at radius 2 is 2.11 bits per heavy atom. The van der Waals surface area contributed by atoms with Gasteiger partial charge in [-0.15, -0.1) is 0 Å². The first-order valence-electron chi connectivity index (χ1n) is 7.97. The zero-order valence-corrected chi connectivity index (χ0v) is 16.6. The lowest BCUT2D eigenvalue weighted by molar-refractivity contribution is -0.127. The van der Waals surface area contributed by atoms with E-state index in [1.54, 1.807) is 20.0 Å². The number of hydrogen-bond donors (Lipinski definition) is 0. The van der Waals surface area contributed by atoms with Crippen LogP contribution in [0.4, 0.5) is 4.39 Å². The number of ketones is 1. The fraction of sp³-hybridized carbons (Fsp3) is 0.263. The molecule has 8 heteroatoms. The number of rotatable bonds is 6. The van der Waals surface area contributed by atoms with Crippen molar-refractivity contribution < 1.29 is 14.0 Å². The van der Waals surface area contributed by atoms with Gasteiger partial charge >= 0.3 is 0 Å². The predicted octanol–water partition coefficient (Wildman–Crippen LogP) is 4.01. The van der Waals surface area contributed by atoms with Crippen molar-refractivity contribution in [1.29, 1.82) is 5.26 Å². The van der Waals surface area contributed by atoms with Crippen molar-refractivity contribution in [2.75, 3.05) is 12.8 Å². The number of Topliss-reactive ketones (excluding diaryl/α,β-unsaturated/α-hetero) is 1. The summed E-state index contributed by atoms with van der Waals surface area (Å²) in [7, 11) is 1.55. The van der Waals surface area contributed by atoms with Crippen molar-refractivity contribution in [2.45, 2.75) is 25.4 Å².